The summed E-state index contributed by atoms with van der Waals surface area (Å²) >= 11 is 0. The topological polar surface area (TPSA) is 0 Å². The van der Waals surface area contributed by atoms with Crippen molar-refractivity contribution in [2.45, 2.75) is 281 Å². The van der Waals surface area contributed by atoms with Crippen LogP contribution in [0.2, 0.25) is 0 Å². The maximum Gasteiger partial charge on any atom is 0.131 e. The van der Waals surface area contributed by atoms with Gasteiger partial charge in [-0.1, -0.05) is 478 Å². The molecule has 0 atom stereocenters. The van der Waals surface area contributed by atoms with Crippen molar-refractivity contribution in [3.63, 3.8) is 0 Å². The Labute approximate surface area is 875 Å². The second-order valence-corrected chi connectivity index (χ2v) is 38.7. The van der Waals surface area contributed by atoms with Crippen molar-refractivity contribution in [2.75, 3.05) is 0 Å². The molecule has 0 heterocycles. The minimum Gasteiger partial charge on any atom is -0.206 e. The fourth-order valence-corrected chi connectivity index (χ4v) is 20.2. The minimum absolute atomic E-state index is 0.156. The summed E-state index contributed by atoms with van der Waals surface area (Å²) in [6.45, 7) is 48.7. The van der Waals surface area contributed by atoms with E-state index in [1.807, 2.05) is 18.2 Å². The van der Waals surface area contributed by atoms with Gasteiger partial charge < -0.3 is 0 Å². The van der Waals surface area contributed by atoms with Crippen molar-refractivity contribution in [1.82, 2.24) is 0 Å². The molecule has 17 rings (SSSR count). The number of benzene rings is 17. The number of hydrogen-bond donors (Lipinski definition) is 0. The lowest BCUT2D eigenvalue weighted by atomic mass is 9.88. The summed E-state index contributed by atoms with van der Waals surface area (Å²) in [6.07, 6.45) is 21.4. The number of rotatable bonds is 31. The second kappa shape index (κ2) is 55.7. The second-order valence-electron chi connectivity index (χ2n) is 38.7. The van der Waals surface area contributed by atoms with Gasteiger partial charge in [0.25, 0.3) is 0 Å². The van der Waals surface area contributed by atoms with E-state index in [-0.39, 0.29) is 5.82 Å². The molecule has 0 aliphatic rings. The van der Waals surface area contributed by atoms with E-state index < -0.39 is 0 Å². The molecule has 17 aromatic rings. The molecule has 1 heteroatoms. The van der Waals surface area contributed by atoms with Crippen LogP contribution in [0.1, 0.15) is 261 Å². The number of aryl methyl sites for hydroxylation is 22. The van der Waals surface area contributed by atoms with Crippen molar-refractivity contribution in [1.29, 1.82) is 0 Å². The highest BCUT2D eigenvalue weighted by molar-refractivity contribution is 5.82. The molecule has 0 amide bonds. The zero-order chi connectivity index (χ0) is 103. The van der Waals surface area contributed by atoms with Gasteiger partial charge >= 0.3 is 0 Å². The first-order valence-electron chi connectivity index (χ1n) is 55.2. The van der Waals surface area contributed by atoms with E-state index >= 15 is 0 Å². The standard InChI is InChI=1S/C26H29F.C26H30.C25H28.C24H26.C23H24.C20H26/c1-5-18-9-11-22(15-20(18)7-3)23-13-14-25(26(27)17-23)24-12-10-19(6-2)21(8-4)16-24;1-5-19-9-13-23(14-10-19)25-17-22(8-4)26(18-21(25)7-3)24-15-11-20(6-2)12-16-24;1-5-19-8-12-22(13-9-19)24-17-21(7-3)25(16-18(24)4)23-14-10-20(6-2)11-15-23;1-4-18-7-11-21(12-8-18)23-15-16-24(20(6-3)17-23)22-13-9-19(5-2)10-14-22;1-4-18-6-10-20(11-7-18)22-14-15-23(17(3)16-22)21-12-8-19(5-2)9-13-21;1-5-15-9-11-19(13-17(15)7-3)20-12-10-16(6-2)18(8-4)14-20/h9-17H,5-8H2,1-4H3;9-18H,5-8H2,1-4H3;8-17H,5-7H2,1-4H3;7-17H,4-6H2,1-3H3;6-16H,4-5H2,1-3H3;9-14H,5-8H2,1-4H3. The first-order chi connectivity index (χ1) is 70.6. The van der Waals surface area contributed by atoms with Crippen LogP contribution in [0, 0.1) is 19.7 Å². The normalized spacial score (nSPS) is 10.9. The minimum atomic E-state index is -0.156. The molecule has 0 saturated heterocycles. The van der Waals surface area contributed by atoms with Crippen LogP contribution in [0.3, 0.4) is 0 Å². The molecule has 0 nitrogen and oxygen atoms in total. The summed E-state index contributed by atoms with van der Waals surface area (Å²) in [5.74, 6) is -0.156. The molecule has 0 saturated carbocycles. The van der Waals surface area contributed by atoms with Gasteiger partial charge in [0.15, 0.2) is 0 Å². The predicted molar refractivity (Wildman–Crippen MR) is 635 cm³/mol. The van der Waals surface area contributed by atoms with Crippen LogP contribution in [0.15, 0.2) is 346 Å². The first kappa shape index (κ1) is 110. The Balaban J connectivity index is 0.000000155. The number of hydrogen-bond acceptors (Lipinski definition) is 0. The Morgan fingerprint density at radius 2 is 0.297 bits per heavy atom. The molecular formula is C144H163F. The van der Waals surface area contributed by atoms with Crippen molar-refractivity contribution in [3.8, 4) is 122 Å². The highest BCUT2D eigenvalue weighted by Crippen LogP contribution is 2.40. The fourth-order valence-electron chi connectivity index (χ4n) is 20.2. The Kier molecular flexibility index (Phi) is 42.4. The molecule has 746 valence electrons. The summed E-state index contributed by atoms with van der Waals surface area (Å²) in [5, 5.41) is 0. The fraction of sp³-hybridized carbons (Fsp3) is 0.292. The summed E-state index contributed by atoms with van der Waals surface area (Å²) in [5.41, 5.74) is 58.5. The average molecular weight is 1910 g/mol. The third-order valence-corrected chi connectivity index (χ3v) is 29.9. The van der Waals surface area contributed by atoms with Crippen LogP contribution < -0.4 is 0 Å². The summed E-state index contributed by atoms with van der Waals surface area (Å²) in [6, 6.07) is 128. The lowest BCUT2D eigenvalue weighted by Gasteiger charge is -2.16. The SMILES string of the molecule is CCc1ccc(-c2cc(CC)c(-c3ccc(CC)cc3)cc2C)cc1.CCc1ccc(-c2cc(CC)c(-c3ccc(CC)cc3)cc2CC)cc1.CCc1ccc(-c2ccc(-c3ccc(CC)c(CC)c3)c(F)c2)cc1CC.CCc1ccc(-c2ccc(-c3ccc(CC)cc3)c(C)c2)cc1.CCc1ccc(-c2ccc(-c3ccc(CC)cc3)c(CC)c2)cc1.CCc1ccc(-c2ccc(CC)c(CC)c2)cc1CC. The van der Waals surface area contributed by atoms with Gasteiger partial charge in [0.1, 0.15) is 5.82 Å². The summed E-state index contributed by atoms with van der Waals surface area (Å²) < 4.78 is 15.0. The van der Waals surface area contributed by atoms with E-state index in [0.29, 0.717) is 5.56 Å². The summed E-state index contributed by atoms with van der Waals surface area (Å²) in [4.78, 5) is 0. The lowest BCUT2D eigenvalue weighted by molar-refractivity contribution is 0.632. The molecule has 0 aliphatic carbocycles. The molecule has 0 fully saturated rings. The molecule has 17 aromatic carbocycles. The van der Waals surface area contributed by atoms with Gasteiger partial charge in [0, 0.05) is 5.56 Å². The van der Waals surface area contributed by atoms with Crippen LogP contribution >= 0.6 is 0 Å². The van der Waals surface area contributed by atoms with Gasteiger partial charge in [-0.2, -0.15) is 0 Å². The van der Waals surface area contributed by atoms with E-state index in [0.717, 1.165) is 145 Å². The molecule has 0 bridgehead atoms. The van der Waals surface area contributed by atoms with E-state index in [1.165, 1.54) is 223 Å². The van der Waals surface area contributed by atoms with E-state index in [2.05, 4.69) is 474 Å². The van der Waals surface area contributed by atoms with Crippen LogP contribution in [-0.2, 0) is 128 Å². The molecule has 145 heavy (non-hydrogen) atoms. The molecular weight excluding hydrogens is 1750 g/mol. The van der Waals surface area contributed by atoms with Crippen LogP contribution in [0.25, 0.3) is 122 Å². The van der Waals surface area contributed by atoms with Crippen molar-refractivity contribution in [3.05, 3.63) is 474 Å². The third kappa shape index (κ3) is 28.9. The van der Waals surface area contributed by atoms with Crippen molar-refractivity contribution >= 4 is 0 Å². The Morgan fingerprint density at radius 3 is 0.572 bits per heavy atom. The van der Waals surface area contributed by atoms with Gasteiger partial charge in [-0.15, -0.1) is 0 Å². The van der Waals surface area contributed by atoms with Crippen molar-refractivity contribution in [2.24, 2.45) is 0 Å². The van der Waals surface area contributed by atoms with E-state index in [4.69, 9.17) is 0 Å². The largest absolute Gasteiger partial charge is 0.206 e. The van der Waals surface area contributed by atoms with Gasteiger partial charge in [0.05, 0.1) is 0 Å². The molecule has 0 N–H and O–H groups in total. The lowest BCUT2D eigenvalue weighted by Crippen LogP contribution is -1.96. The summed E-state index contributed by atoms with van der Waals surface area (Å²) in [7, 11) is 0. The molecule has 0 aliphatic heterocycles. The Hall–Kier alpha value is -13.3. The van der Waals surface area contributed by atoms with Gasteiger partial charge in [0.2, 0.25) is 0 Å². The average Bonchev–Trinajstić information content (AvgIpc) is 0.795. The van der Waals surface area contributed by atoms with Gasteiger partial charge in [-0.3, -0.25) is 0 Å². The zero-order valence-corrected chi connectivity index (χ0v) is 91.9. The molecule has 0 unspecified atom stereocenters. The Morgan fingerprint density at radius 1 is 0.117 bits per heavy atom. The quantitative estimate of drug-likeness (QED) is 0.0406. The van der Waals surface area contributed by atoms with Crippen molar-refractivity contribution < 1.29 is 4.39 Å². The zero-order valence-electron chi connectivity index (χ0n) is 91.9. The van der Waals surface area contributed by atoms with Gasteiger partial charge in [-0.25, -0.2) is 4.39 Å². The molecule has 0 aromatic heterocycles. The first-order valence-corrected chi connectivity index (χ1v) is 55.2. The molecule has 0 radical (unpaired) electrons. The maximum atomic E-state index is 15.0. The van der Waals surface area contributed by atoms with E-state index in [1.54, 1.807) is 6.07 Å². The number of halogens is 1. The maximum absolute atomic E-state index is 15.0. The van der Waals surface area contributed by atoms with Crippen LogP contribution in [-0.4, -0.2) is 0 Å². The van der Waals surface area contributed by atoms with E-state index in [9.17, 15) is 4.39 Å². The predicted octanol–water partition coefficient (Wildman–Crippen LogP) is 40.5. The van der Waals surface area contributed by atoms with Crippen LogP contribution in [0.5, 0.6) is 0 Å². The smallest absolute Gasteiger partial charge is 0.131 e. The monoisotopic (exact) mass is 1910 g/mol. The highest BCUT2D eigenvalue weighted by Gasteiger charge is 2.19. The Bertz CT molecular complexity index is 6820. The van der Waals surface area contributed by atoms with Crippen LogP contribution in [0.4, 0.5) is 4.39 Å². The highest BCUT2D eigenvalue weighted by atomic mass is 19.1. The molecule has 0 spiro atoms. The van der Waals surface area contributed by atoms with Gasteiger partial charge in [-0.05, 0) is 388 Å². The third-order valence-electron chi connectivity index (χ3n) is 29.9.